The molecule has 3 heterocycles. The van der Waals surface area contributed by atoms with Gasteiger partial charge in [-0.05, 0) is 19.3 Å². The molecule has 2 aliphatic rings. The minimum atomic E-state index is -0.202. The van der Waals surface area contributed by atoms with Crippen molar-refractivity contribution in [3.63, 3.8) is 0 Å². The molecule has 1 aliphatic carbocycles. The van der Waals surface area contributed by atoms with E-state index in [-0.39, 0.29) is 23.4 Å². The number of rotatable bonds is 4. The monoisotopic (exact) mass is 358 g/mol. The maximum Gasteiger partial charge on any atom is 0.293 e. The molecule has 9 nitrogen and oxygen atoms in total. The minimum absolute atomic E-state index is 0.0496. The van der Waals surface area contributed by atoms with Crippen LogP contribution in [-0.4, -0.2) is 62.9 Å². The topological polar surface area (TPSA) is 105 Å². The van der Waals surface area contributed by atoms with Crippen LogP contribution in [0.4, 0.5) is 5.82 Å². The first-order valence-corrected chi connectivity index (χ1v) is 8.86. The summed E-state index contributed by atoms with van der Waals surface area (Å²) in [6.45, 7) is 1.88. The van der Waals surface area contributed by atoms with Crippen molar-refractivity contribution in [2.75, 3.05) is 31.6 Å². The highest BCUT2D eigenvalue weighted by Crippen LogP contribution is 2.24. The Morgan fingerprint density at radius 1 is 1.46 bits per heavy atom. The third-order valence-corrected chi connectivity index (χ3v) is 4.95. The highest BCUT2D eigenvalue weighted by Gasteiger charge is 2.30. The minimum Gasteiger partial charge on any atom is -0.373 e. The standard InChI is InChI=1S/C17H22N6O3/c1-22-6-5-18-15(17(22)25)19-9-11-10-23(7-8-26-11)16(24)14-12-3-2-4-13(12)20-21-14/h5-6,11H,2-4,7-10H2,1H3,(H,18,19)(H,20,21). The molecular weight excluding hydrogens is 336 g/mol. The fourth-order valence-electron chi connectivity index (χ4n) is 3.50. The molecule has 1 fully saturated rings. The van der Waals surface area contributed by atoms with E-state index in [0.29, 0.717) is 31.9 Å². The fourth-order valence-corrected chi connectivity index (χ4v) is 3.50. The van der Waals surface area contributed by atoms with E-state index >= 15 is 0 Å². The number of anilines is 1. The van der Waals surface area contributed by atoms with Crippen molar-refractivity contribution in [3.05, 3.63) is 39.7 Å². The molecule has 2 N–H and O–H groups in total. The number of aromatic amines is 1. The second kappa shape index (κ2) is 6.91. The van der Waals surface area contributed by atoms with E-state index < -0.39 is 0 Å². The second-order valence-electron chi connectivity index (χ2n) is 6.70. The zero-order chi connectivity index (χ0) is 18.1. The highest BCUT2D eigenvalue weighted by molar-refractivity contribution is 5.94. The number of H-pyrrole nitrogens is 1. The third-order valence-electron chi connectivity index (χ3n) is 4.95. The van der Waals surface area contributed by atoms with Gasteiger partial charge in [0.25, 0.3) is 11.5 Å². The second-order valence-corrected chi connectivity index (χ2v) is 6.70. The smallest absolute Gasteiger partial charge is 0.293 e. The van der Waals surface area contributed by atoms with E-state index in [1.807, 2.05) is 0 Å². The lowest BCUT2D eigenvalue weighted by Gasteiger charge is -2.32. The summed E-state index contributed by atoms with van der Waals surface area (Å²) in [5.74, 6) is 0.235. The SMILES string of the molecule is Cn1ccnc(NCC2CN(C(=O)c3n[nH]c4c3CCC4)CCO2)c1=O. The van der Waals surface area contributed by atoms with Gasteiger partial charge in [0.15, 0.2) is 11.5 Å². The number of aromatic nitrogens is 4. The van der Waals surface area contributed by atoms with Gasteiger partial charge in [0.1, 0.15) is 0 Å². The summed E-state index contributed by atoms with van der Waals surface area (Å²) in [6, 6.07) is 0. The molecule has 0 aromatic carbocycles. The first-order valence-electron chi connectivity index (χ1n) is 8.86. The lowest BCUT2D eigenvalue weighted by Crippen LogP contribution is -2.48. The molecule has 0 radical (unpaired) electrons. The molecule has 0 saturated carbocycles. The molecule has 0 bridgehead atoms. The Labute approximate surface area is 150 Å². The largest absolute Gasteiger partial charge is 0.373 e. The van der Waals surface area contributed by atoms with Gasteiger partial charge in [-0.1, -0.05) is 0 Å². The van der Waals surface area contributed by atoms with Crippen molar-refractivity contribution in [2.45, 2.75) is 25.4 Å². The van der Waals surface area contributed by atoms with Crippen LogP contribution >= 0.6 is 0 Å². The summed E-state index contributed by atoms with van der Waals surface area (Å²) in [5.41, 5.74) is 2.51. The number of hydrogen-bond acceptors (Lipinski definition) is 6. The van der Waals surface area contributed by atoms with Gasteiger partial charge >= 0.3 is 0 Å². The average Bonchev–Trinajstić information content (AvgIpc) is 3.26. The zero-order valence-electron chi connectivity index (χ0n) is 14.7. The predicted molar refractivity (Wildman–Crippen MR) is 94.2 cm³/mol. The van der Waals surface area contributed by atoms with Crippen molar-refractivity contribution in [2.24, 2.45) is 7.05 Å². The maximum atomic E-state index is 12.8. The quantitative estimate of drug-likeness (QED) is 0.794. The Balaban J connectivity index is 1.40. The van der Waals surface area contributed by atoms with Gasteiger partial charge in [-0.2, -0.15) is 5.10 Å². The Morgan fingerprint density at radius 2 is 2.35 bits per heavy atom. The van der Waals surface area contributed by atoms with E-state index in [9.17, 15) is 9.59 Å². The van der Waals surface area contributed by atoms with Crippen LogP contribution in [0.2, 0.25) is 0 Å². The summed E-state index contributed by atoms with van der Waals surface area (Å²) < 4.78 is 7.20. The van der Waals surface area contributed by atoms with Gasteiger partial charge in [-0.25, -0.2) is 4.98 Å². The number of amides is 1. The molecule has 2 aromatic heterocycles. The molecule has 9 heteroatoms. The normalized spacial score (nSPS) is 19.4. The molecule has 1 unspecified atom stereocenters. The first-order chi connectivity index (χ1) is 12.6. The summed E-state index contributed by atoms with van der Waals surface area (Å²) in [6.07, 6.45) is 5.91. The zero-order valence-corrected chi connectivity index (χ0v) is 14.7. The van der Waals surface area contributed by atoms with Crippen LogP contribution in [0.1, 0.15) is 28.2 Å². The molecule has 1 aliphatic heterocycles. The molecule has 26 heavy (non-hydrogen) atoms. The van der Waals surface area contributed by atoms with Crippen molar-refractivity contribution < 1.29 is 9.53 Å². The molecular formula is C17H22N6O3. The van der Waals surface area contributed by atoms with Gasteiger partial charge in [-0.15, -0.1) is 0 Å². The summed E-state index contributed by atoms with van der Waals surface area (Å²) in [4.78, 5) is 30.7. The van der Waals surface area contributed by atoms with Crippen LogP contribution in [0, 0.1) is 0 Å². The summed E-state index contributed by atoms with van der Waals surface area (Å²) in [7, 11) is 1.68. The molecule has 4 rings (SSSR count). The Kier molecular flexibility index (Phi) is 4.46. The first kappa shape index (κ1) is 16.8. The molecule has 2 aromatic rings. The Hall–Kier alpha value is -2.68. The van der Waals surface area contributed by atoms with Gasteiger partial charge in [0.05, 0.1) is 12.7 Å². The Morgan fingerprint density at radius 3 is 3.23 bits per heavy atom. The molecule has 1 amide bonds. The number of carbonyl (C=O) groups is 1. The third kappa shape index (κ3) is 3.10. The summed E-state index contributed by atoms with van der Waals surface area (Å²) >= 11 is 0. The van der Waals surface area contributed by atoms with Crippen LogP contribution in [0.25, 0.3) is 0 Å². The number of nitrogens with zero attached hydrogens (tertiary/aromatic N) is 4. The molecule has 1 atom stereocenters. The van der Waals surface area contributed by atoms with Crippen LogP contribution in [-0.2, 0) is 24.6 Å². The van der Waals surface area contributed by atoms with Gasteiger partial charge < -0.3 is 19.5 Å². The van der Waals surface area contributed by atoms with E-state index in [1.165, 1.54) is 4.57 Å². The summed E-state index contributed by atoms with van der Waals surface area (Å²) in [5, 5.41) is 10.2. The number of aryl methyl sites for hydroxylation is 2. The van der Waals surface area contributed by atoms with Crippen LogP contribution in [0.15, 0.2) is 17.2 Å². The van der Waals surface area contributed by atoms with E-state index in [1.54, 1.807) is 24.3 Å². The van der Waals surface area contributed by atoms with Crippen molar-refractivity contribution in [1.82, 2.24) is 24.6 Å². The maximum absolute atomic E-state index is 12.8. The molecule has 0 spiro atoms. The van der Waals surface area contributed by atoms with Crippen molar-refractivity contribution in [3.8, 4) is 0 Å². The number of carbonyl (C=O) groups excluding carboxylic acids is 1. The van der Waals surface area contributed by atoms with E-state index in [4.69, 9.17) is 4.74 Å². The molecule has 1 saturated heterocycles. The van der Waals surface area contributed by atoms with Crippen molar-refractivity contribution >= 4 is 11.7 Å². The number of ether oxygens (including phenoxy) is 1. The van der Waals surface area contributed by atoms with Crippen LogP contribution in [0.5, 0.6) is 0 Å². The van der Waals surface area contributed by atoms with E-state index in [2.05, 4.69) is 20.5 Å². The molecule has 138 valence electrons. The fraction of sp³-hybridized carbons (Fsp3) is 0.529. The van der Waals surface area contributed by atoms with Crippen LogP contribution in [0.3, 0.4) is 0 Å². The number of morpholine rings is 1. The van der Waals surface area contributed by atoms with Gasteiger partial charge in [-0.3, -0.25) is 14.7 Å². The van der Waals surface area contributed by atoms with Gasteiger partial charge in [0.2, 0.25) is 0 Å². The van der Waals surface area contributed by atoms with Crippen molar-refractivity contribution in [1.29, 1.82) is 0 Å². The number of hydrogen-bond donors (Lipinski definition) is 2. The predicted octanol–water partition coefficient (Wildman–Crippen LogP) is -0.0548. The Bertz CT molecular complexity index is 874. The lowest BCUT2D eigenvalue weighted by atomic mass is 10.1. The van der Waals surface area contributed by atoms with Gasteiger partial charge in [0, 0.05) is 50.3 Å². The van der Waals surface area contributed by atoms with Crippen LogP contribution < -0.4 is 10.9 Å². The number of nitrogens with one attached hydrogen (secondary N) is 2. The lowest BCUT2D eigenvalue weighted by molar-refractivity contribution is -0.0152. The highest BCUT2D eigenvalue weighted by atomic mass is 16.5. The average molecular weight is 358 g/mol. The number of fused-ring (bicyclic) bond motifs is 1. The van der Waals surface area contributed by atoms with E-state index in [0.717, 1.165) is 30.5 Å².